The van der Waals surface area contributed by atoms with Gasteiger partial charge in [0, 0.05) is 25.0 Å². The normalized spacial score (nSPS) is 28.2. The van der Waals surface area contributed by atoms with Crippen molar-refractivity contribution in [2.75, 3.05) is 31.1 Å². The van der Waals surface area contributed by atoms with Crippen molar-refractivity contribution in [2.24, 2.45) is 5.41 Å². The highest BCUT2D eigenvalue weighted by Crippen LogP contribution is 2.38. The summed E-state index contributed by atoms with van der Waals surface area (Å²) in [5.41, 5.74) is 2.75. The Balaban J connectivity index is 1.82. The Bertz CT molecular complexity index is 423. The molecular formula is C13H20N4. The zero-order valence-corrected chi connectivity index (χ0v) is 10.7. The highest BCUT2D eigenvalue weighted by molar-refractivity contribution is 5.47. The van der Waals surface area contributed by atoms with Crippen LogP contribution in [0.5, 0.6) is 0 Å². The van der Waals surface area contributed by atoms with Gasteiger partial charge in [0.2, 0.25) is 0 Å². The van der Waals surface area contributed by atoms with Crippen molar-refractivity contribution in [3.8, 4) is 0 Å². The molecule has 2 aliphatic rings. The van der Waals surface area contributed by atoms with Gasteiger partial charge in [0.05, 0.1) is 5.69 Å². The molecule has 0 radical (unpaired) electrons. The third-order valence-electron chi connectivity index (χ3n) is 4.15. The number of aryl methyl sites for hydroxylation is 2. The molecule has 0 saturated carbocycles. The molecule has 3 rings (SSSR count). The lowest BCUT2D eigenvalue weighted by Gasteiger charge is -2.24. The number of nitrogens with zero attached hydrogens (tertiary/aromatic N) is 3. The van der Waals surface area contributed by atoms with E-state index in [4.69, 9.17) is 0 Å². The molecule has 4 nitrogen and oxygen atoms in total. The molecule has 1 spiro atoms. The molecule has 1 aromatic rings. The first-order valence-electron chi connectivity index (χ1n) is 6.45. The van der Waals surface area contributed by atoms with Crippen LogP contribution in [0.4, 0.5) is 5.82 Å². The van der Waals surface area contributed by atoms with Gasteiger partial charge in [-0.25, -0.2) is 0 Å². The predicted octanol–water partition coefficient (Wildman–Crippen LogP) is 1.28. The summed E-state index contributed by atoms with van der Waals surface area (Å²) in [7, 11) is 0. The lowest BCUT2D eigenvalue weighted by atomic mass is 9.87. The van der Waals surface area contributed by atoms with E-state index in [1.165, 1.54) is 31.5 Å². The minimum atomic E-state index is 0.499. The average molecular weight is 232 g/mol. The van der Waals surface area contributed by atoms with Crippen LogP contribution in [-0.2, 0) is 0 Å². The summed E-state index contributed by atoms with van der Waals surface area (Å²) in [6.07, 6.45) is 2.59. The van der Waals surface area contributed by atoms with Gasteiger partial charge in [0.15, 0.2) is 5.82 Å². The van der Waals surface area contributed by atoms with Crippen molar-refractivity contribution in [3.05, 3.63) is 17.3 Å². The lowest BCUT2D eigenvalue weighted by molar-refractivity contribution is 0.369. The van der Waals surface area contributed by atoms with Gasteiger partial charge in [-0.3, -0.25) is 0 Å². The van der Waals surface area contributed by atoms with Crippen LogP contribution in [0.2, 0.25) is 0 Å². The summed E-state index contributed by atoms with van der Waals surface area (Å²) < 4.78 is 0. The molecule has 1 aromatic heterocycles. The topological polar surface area (TPSA) is 41.0 Å². The summed E-state index contributed by atoms with van der Waals surface area (Å²) in [6.45, 7) is 8.73. The van der Waals surface area contributed by atoms with Crippen LogP contribution in [0.1, 0.15) is 24.1 Å². The van der Waals surface area contributed by atoms with E-state index in [1.807, 2.05) is 6.92 Å². The summed E-state index contributed by atoms with van der Waals surface area (Å²) in [5, 5.41) is 12.1. The van der Waals surface area contributed by atoms with E-state index in [9.17, 15) is 0 Å². The van der Waals surface area contributed by atoms with E-state index in [2.05, 4.69) is 33.4 Å². The molecule has 4 heteroatoms. The Hall–Kier alpha value is -1.16. The summed E-state index contributed by atoms with van der Waals surface area (Å²) in [6, 6.07) is 2.13. The van der Waals surface area contributed by atoms with Gasteiger partial charge in [-0.05, 0) is 44.9 Å². The Labute approximate surface area is 102 Å². The second-order valence-corrected chi connectivity index (χ2v) is 5.59. The molecule has 0 amide bonds. The molecule has 0 aliphatic carbocycles. The molecule has 3 heterocycles. The van der Waals surface area contributed by atoms with E-state index in [1.54, 1.807) is 0 Å². The number of aromatic nitrogens is 2. The Morgan fingerprint density at radius 1 is 1.29 bits per heavy atom. The smallest absolute Gasteiger partial charge is 0.154 e. The van der Waals surface area contributed by atoms with Crippen LogP contribution in [-0.4, -0.2) is 36.4 Å². The molecule has 2 aliphatic heterocycles. The molecule has 2 fully saturated rings. The minimum Gasteiger partial charge on any atom is -0.354 e. The Kier molecular flexibility index (Phi) is 2.54. The first-order valence-corrected chi connectivity index (χ1v) is 6.45. The maximum Gasteiger partial charge on any atom is 0.154 e. The first-order chi connectivity index (χ1) is 8.19. The van der Waals surface area contributed by atoms with Crippen LogP contribution >= 0.6 is 0 Å². The molecule has 1 atom stereocenters. The van der Waals surface area contributed by atoms with E-state index < -0.39 is 0 Å². The van der Waals surface area contributed by atoms with Crippen molar-refractivity contribution in [1.82, 2.24) is 15.5 Å². The highest BCUT2D eigenvalue weighted by Gasteiger charge is 2.41. The quantitative estimate of drug-likeness (QED) is 0.792. The fraction of sp³-hybridized carbons (Fsp3) is 0.692. The SMILES string of the molecule is Cc1cc(C)c(N2CCC3(CCNC3)C2)nn1. The van der Waals surface area contributed by atoms with Gasteiger partial charge >= 0.3 is 0 Å². The maximum absolute atomic E-state index is 4.37. The van der Waals surface area contributed by atoms with Gasteiger partial charge in [-0.2, -0.15) is 5.10 Å². The van der Waals surface area contributed by atoms with Gasteiger partial charge in [0.1, 0.15) is 0 Å². The molecule has 1 unspecified atom stereocenters. The molecular weight excluding hydrogens is 212 g/mol. The average Bonchev–Trinajstić information content (AvgIpc) is 2.90. The Morgan fingerprint density at radius 3 is 2.88 bits per heavy atom. The van der Waals surface area contributed by atoms with Gasteiger partial charge in [0.25, 0.3) is 0 Å². The van der Waals surface area contributed by atoms with Gasteiger partial charge in [-0.1, -0.05) is 0 Å². The van der Waals surface area contributed by atoms with Crippen molar-refractivity contribution in [1.29, 1.82) is 0 Å². The van der Waals surface area contributed by atoms with Crippen LogP contribution < -0.4 is 10.2 Å². The highest BCUT2D eigenvalue weighted by atomic mass is 15.3. The van der Waals surface area contributed by atoms with Crippen molar-refractivity contribution >= 4 is 5.82 Å². The van der Waals surface area contributed by atoms with Crippen molar-refractivity contribution in [3.63, 3.8) is 0 Å². The third-order valence-corrected chi connectivity index (χ3v) is 4.15. The van der Waals surface area contributed by atoms with E-state index in [0.29, 0.717) is 5.41 Å². The molecule has 92 valence electrons. The number of anilines is 1. The molecule has 1 N–H and O–H groups in total. The van der Waals surface area contributed by atoms with E-state index >= 15 is 0 Å². The maximum atomic E-state index is 4.37. The Morgan fingerprint density at radius 2 is 2.18 bits per heavy atom. The monoisotopic (exact) mass is 232 g/mol. The minimum absolute atomic E-state index is 0.499. The van der Waals surface area contributed by atoms with Crippen molar-refractivity contribution < 1.29 is 0 Å². The summed E-state index contributed by atoms with van der Waals surface area (Å²) in [5.74, 6) is 1.08. The molecule has 17 heavy (non-hydrogen) atoms. The standard InChI is InChI=1S/C13H20N4/c1-10-7-11(2)15-16-12(10)17-6-4-13(9-17)3-5-14-8-13/h7,14H,3-6,8-9H2,1-2H3. The summed E-state index contributed by atoms with van der Waals surface area (Å²) in [4.78, 5) is 2.41. The third kappa shape index (κ3) is 1.90. The molecule has 0 bridgehead atoms. The second-order valence-electron chi connectivity index (χ2n) is 5.59. The first kappa shape index (κ1) is 11.0. The van der Waals surface area contributed by atoms with Crippen LogP contribution in [0.15, 0.2) is 6.07 Å². The predicted molar refractivity (Wildman–Crippen MR) is 68.3 cm³/mol. The van der Waals surface area contributed by atoms with Crippen LogP contribution in [0, 0.1) is 19.3 Å². The number of hydrogen-bond donors (Lipinski definition) is 1. The van der Waals surface area contributed by atoms with E-state index in [-0.39, 0.29) is 0 Å². The van der Waals surface area contributed by atoms with Crippen molar-refractivity contribution in [2.45, 2.75) is 26.7 Å². The molecule has 2 saturated heterocycles. The van der Waals surface area contributed by atoms with Crippen LogP contribution in [0.3, 0.4) is 0 Å². The fourth-order valence-electron chi connectivity index (χ4n) is 3.18. The zero-order chi connectivity index (χ0) is 11.9. The second kappa shape index (κ2) is 3.95. The number of nitrogens with one attached hydrogen (secondary N) is 1. The molecule has 0 aromatic carbocycles. The van der Waals surface area contributed by atoms with Crippen LogP contribution in [0.25, 0.3) is 0 Å². The lowest BCUT2D eigenvalue weighted by Crippen LogP contribution is -2.30. The number of rotatable bonds is 1. The zero-order valence-electron chi connectivity index (χ0n) is 10.7. The van der Waals surface area contributed by atoms with E-state index in [0.717, 1.165) is 24.6 Å². The largest absolute Gasteiger partial charge is 0.354 e. The number of hydrogen-bond acceptors (Lipinski definition) is 4. The van der Waals surface area contributed by atoms with Gasteiger partial charge < -0.3 is 10.2 Å². The van der Waals surface area contributed by atoms with Gasteiger partial charge in [-0.15, -0.1) is 5.10 Å². The summed E-state index contributed by atoms with van der Waals surface area (Å²) >= 11 is 0. The fourth-order valence-corrected chi connectivity index (χ4v) is 3.18.